The zero-order valence-electron chi connectivity index (χ0n) is 13.9. The van der Waals surface area contributed by atoms with E-state index < -0.39 is 6.04 Å². The zero-order chi connectivity index (χ0) is 17.4. The van der Waals surface area contributed by atoms with Gasteiger partial charge in [-0.05, 0) is 35.9 Å². The predicted octanol–water partition coefficient (Wildman–Crippen LogP) is 3.25. The quantitative estimate of drug-likeness (QED) is 0.721. The van der Waals surface area contributed by atoms with Gasteiger partial charge in [-0.3, -0.25) is 4.79 Å². The molecule has 2 aromatic rings. The molecule has 0 aliphatic rings. The summed E-state index contributed by atoms with van der Waals surface area (Å²) < 4.78 is 0. The van der Waals surface area contributed by atoms with E-state index in [4.69, 9.17) is 0 Å². The van der Waals surface area contributed by atoms with Gasteiger partial charge >= 0.3 is 6.03 Å². The van der Waals surface area contributed by atoms with E-state index >= 15 is 0 Å². The van der Waals surface area contributed by atoms with Crippen LogP contribution in [0.2, 0.25) is 0 Å². The number of carbonyl (C=O) groups is 2. The van der Waals surface area contributed by atoms with Gasteiger partial charge in [0.15, 0.2) is 0 Å². The SMILES string of the molecule is CC(C)C(NC(=O)Nc1ccccc1)C(=O)NCCc1cccs1. The van der Waals surface area contributed by atoms with Gasteiger partial charge in [-0.1, -0.05) is 38.1 Å². The molecule has 0 fully saturated rings. The highest BCUT2D eigenvalue weighted by atomic mass is 32.1. The van der Waals surface area contributed by atoms with E-state index in [0.29, 0.717) is 12.2 Å². The fourth-order valence-electron chi connectivity index (χ4n) is 2.24. The van der Waals surface area contributed by atoms with Crippen LogP contribution in [0.3, 0.4) is 0 Å². The van der Waals surface area contributed by atoms with Crippen LogP contribution in [-0.2, 0) is 11.2 Å². The van der Waals surface area contributed by atoms with Crippen LogP contribution in [0.1, 0.15) is 18.7 Å². The molecule has 2 rings (SSSR count). The summed E-state index contributed by atoms with van der Waals surface area (Å²) in [4.78, 5) is 25.7. The molecular weight excluding hydrogens is 322 g/mol. The Labute approximate surface area is 146 Å². The van der Waals surface area contributed by atoms with Gasteiger partial charge in [-0.25, -0.2) is 4.79 Å². The lowest BCUT2D eigenvalue weighted by molar-refractivity contribution is -0.123. The molecule has 0 saturated carbocycles. The highest BCUT2D eigenvalue weighted by molar-refractivity contribution is 7.09. The number of para-hydroxylation sites is 1. The number of anilines is 1. The third kappa shape index (κ3) is 5.70. The third-order valence-corrected chi connectivity index (χ3v) is 4.45. The first-order valence-electron chi connectivity index (χ1n) is 7.99. The highest BCUT2D eigenvalue weighted by Crippen LogP contribution is 2.09. The first-order chi connectivity index (χ1) is 11.6. The van der Waals surface area contributed by atoms with Crippen molar-refractivity contribution in [2.45, 2.75) is 26.3 Å². The van der Waals surface area contributed by atoms with Gasteiger partial charge in [0.25, 0.3) is 0 Å². The molecule has 6 heteroatoms. The molecule has 1 unspecified atom stereocenters. The van der Waals surface area contributed by atoms with E-state index in [0.717, 1.165) is 6.42 Å². The maximum absolute atomic E-state index is 12.4. The standard InChI is InChI=1S/C18H23N3O2S/c1-13(2)16(17(22)19-11-10-15-9-6-12-24-15)21-18(23)20-14-7-4-3-5-8-14/h3-9,12-13,16H,10-11H2,1-2H3,(H,19,22)(H2,20,21,23). The summed E-state index contributed by atoms with van der Waals surface area (Å²) in [5.41, 5.74) is 0.690. The van der Waals surface area contributed by atoms with Gasteiger partial charge in [0.05, 0.1) is 0 Å². The van der Waals surface area contributed by atoms with E-state index in [-0.39, 0.29) is 17.9 Å². The number of rotatable bonds is 7. The Bertz CT molecular complexity index is 642. The largest absolute Gasteiger partial charge is 0.354 e. The summed E-state index contributed by atoms with van der Waals surface area (Å²) in [6.07, 6.45) is 0.796. The Morgan fingerprint density at radius 3 is 2.46 bits per heavy atom. The van der Waals surface area contributed by atoms with Crippen LogP contribution in [0, 0.1) is 5.92 Å². The molecule has 1 aromatic carbocycles. The minimum Gasteiger partial charge on any atom is -0.354 e. The number of hydrogen-bond acceptors (Lipinski definition) is 3. The molecule has 5 nitrogen and oxygen atoms in total. The van der Waals surface area contributed by atoms with Crippen LogP contribution in [0.4, 0.5) is 10.5 Å². The smallest absolute Gasteiger partial charge is 0.319 e. The second-order valence-corrected chi connectivity index (χ2v) is 6.84. The van der Waals surface area contributed by atoms with E-state index in [1.165, 1.54) is 4.88 Å². The Balaban J connectivity index is 1.83. The van der Waals surface area contributed by atoms with Gasteiger partial charge in [-0.15, -0.1) is 11.3 Å². The van der Waals surface area contributed by atoms with Crippen LogP contribution >= 0.6 is 11.3 Å². The molecule has 0 aliphatic carbocycles. The second kappa shape index (κ2) is 9.08. The van der Waals surface area contributed by atoms with Gasteiger partial charge in [0.2, 0.25) is 5.91 Å². The van der Waals surface area contributed by atoms with Crippen molar-refractivity contribution in [3.8, 4) is 0 Å². The number of benzene rings is 1. The summed E-state index contributed by atoms with van der Waals surface area (Å²) in [6.45, 7) is 4.38. The number of urea groups is 1. The summed E-state index contributed by atoms with van der Waals surface area (Å²) in [5, 5.41) is 10.4. The Hall–Kier alpha value is -2.34. The fraction of sp³-hybridized carbons (Fsp3) is 0.333. The van der Waals surface area contributed by atoms with Crippen LogP contribution in [-0.4, -0.2) is 24.5 Å². The van der Waals surface area contributed by atoms with E-state index in [2.05, 4.69) is 16.0 Å². The second-order valence-electron chi connectivity index (χ2n) is 5.81. The van der Waals surface area contributed by atoms with E-state index in [1.54, 1.807) is 23.5 Å². The topological polar surface area (TPSA) is 70.2 Å². The number of nitrogens with one attached hydrogen (secondary N) is 3. The third-order valence-electron chi connectivity index (χ3n) is 3.52. The number of hydrogen-bond donors (Lipinski definition) is 3. The predicted molar refractivity (Wildman–Crippen MR) is 98.3 cm³/mol. The number of carbonyl (C=O) groups excluding carboxylic acids is 2. The lowest BCUT2D eigenvalue weighted by Gasteiger charge is -2.22. The molecule has 0 radical (unpaired) electrons. The normalized spacial score (nSPS) is 11.8. The van der Waals surface area contributed by atoms with Crippen molar-refractivity contribution in [1.82, 2.24) is 10.6 Å². The van der Waals surface area contributed by atoms with E-state index in [1.807, 2.05) is 49.6 Å². The highest BCUT2D eigenvalue weighted by Gasteiger charge is 2.23. The van der Waals surface area contributed by atoms with Crippen LogP contribution in [0.25, 0.3) is 0 Å². The molecule has 1 heterocycles. The molecule has 0 bridgehead atoms. The molecule has 1 atom stereocenters. The molecule has 24 heavy (non-hydrogen) atoms. The molecule has 3 amide bonds. The summed E-state index contributed by atoms with van der Waals surface area (Å²) >= 11 is 1.67. The Kier molecular flexibility index (Phi) is 6.81. The summed E-state index contributed by atoms with van der Waals surface area (Å²) in [6, 6.07) is 12.2. The minimum atomic E-state index is -0.572. The number of amides is 3. The van der Waals surface area contributed by atoms with Gasteiger partial charge in [-0.2, -0.15) is 0 Å². The number of thiophene rings is 1. The first-order valence-corrected chi connectivity index (χ1v) is 8.87. The average molecular weight is 345 g/mol. The van der Waals surface area contributed by atoms with E-state index in [9.17, 15) is 9.59 Å². The maximum Gasteiger partial charge on any atom is 0.319 e. The molecule has 1 aromatic heterocycles. The van der Waals surface area contributed by atoms with Crippen molar-refractivity contribution < 1.29 is 9.59 Å². The molecule has 0 saturated heterocycles. The van der Waals surface area contributed by atoms with Crippen molar-refractivity contribution in [3.63, 3.8) is 0 Å². The van der Waals surface area contributed by atoms with Crippen LogP contribution in [0.15, 0.2) is 47.8 Å². The monoisotopic (exact) mass is 345 g/mol. The Morgan fingerprint density at radius 1 is 1.08 bits per heavy atom. The van der Waals surface area contributed by atoms with Crippen molar-refractivity contribution in [2.75, 3.05) is 11.9 Å². The lowest BCUT2D eigenvalue weighted by atomic mass is 10.0. The zero-order valence-corrected chi connectivity index (χ0v) is 14.7. The molecule has 0 aliphatic heterocycles. The van der Waals surface area contributed by atoms with Crippen molar-refractivity contribution >= 4 is 29.0 Å². The maximum atomic E-state index is 12.4. The lowest BCUT2D eigenvalue weighted by Crippen LogP contribution is -2.51. The molecular formula is C18H23N3O2S. The average Bonchev–Trinajstić information content (AvgIpc) is 3.06. The summed E-state index contributed by atoms with van der Waals surface area (Å²) in [7, 11) is 0. The minimum absolute atomic E-state index is 0.00624. The first kappa shape index (κ1) is 18.0. The molecule has 3 N–H and O–H groups in total. The van der Waals surface area contributed by atoms with Crippen LogP contribution < -0.4 is 16.0 Å². The Morgan fingerprint density at radius 2 is 1.83 bits per heavy atom. The molecule has 0 spiro atoms. The summed E-state index contributed by atoms with van der Waals surface area (Å²) in [5.74, 6) is -0.168. The fourth-order valence-corrected chi connectivity index (χ4v) is 2.95. The van der Waals surface area contributed by atoms with Gasteiger partial charge in [0.1, 0.15) is 6.04 Å². The van der Waals surface area contributed by atoms with Gasteiger partial charge < -0.3 is 16.0 Å². The van der Waals surface area contributed by atoms with Gasteiger partial charge in [0, 0.05) is 17.1 Å². The van der Waals surface area contributed by atoms with Crippen LogP contribution in [0.5, 0.6) is 0 Å². The van der Waals surface area contributed by atoms with Crippen molar-refractivity contribution in [1.29, 1.82) is 0 Å². The van der Waals surface area contributed by atoms with Crippen molar-refractivity contribution in [3.05, 3.63) is 52.7 Å². The molecule has 128 valence electrons. The van der Waals surface area contributed by atoms with Crippen molar-refractivity contribution in [2.24, 2.45) is 5.92 Å².